The Morgan fingerprint density at radius 2 is 2.27 bits per heavy atom. The van der Waals surface area contributed by atoms with Gasteiger partial charge in [0.15, 0.2) is 0 Å². The van der Waals surface area contributed by atoms with Gasteiger partial charge >= 0.3 is 0 Å². The molecule has 1 aromatic carbocycles. The van der Waals surface area contributed by atoms with Crippen molar-refractivity contribution >= 4 is 32.5 Å². The van der Waals surface area contributed by atoms with Gasteiger partial charge in [-0.2, -0.15) is 4.98 Å². The normalized spacial score (nSPS) is 13.9. The molecule has 4 heteroatoms. The highest BCUT2D eigenvalue weighted by molar-refractivity contribution is 9.10. The van der Waals surface area contributed by atoms with E-state index in [2.05, 4.69) is 20.9 Å². The Morgan fingerprint density at radius 1 is 1.40 bits per heavy atom. The zero-order valence-corrected chi connectivity index (χ0v) is 9.54. The number of nitrogen functional groups attached to an aromatic ring is 1. The van der Waals surface area contributed by atoms with Crippen molar-refractivity contribution in [1.29, 1.82) is 0 Å². The number of hydrogen-bond acceptors (Lipinski definition) is 3. The molecule has 1 aromatic heterocycles. The van der Waals surface area contributed by atoms with E-state index in [0.717, 1.165) is 27.2 Å². The molecule has 0 unspecified atom stereocenters. The van der Waals surface area contributed by atoms with Gasteiger partial charge in [-0.3, -0.25) is 0 Å². The van der Waals surface area contributed by atoms with E-state index < -0.39 is 0 Å². The predicted octanol–water partition coefficient (Wildman–Crippen LogP) is 2.51. The van der Waals surface area contributed by atoms with Crippen molar-refractivity contribution in [1.82, 2.24) is 4.98 Å². The lowest BCUT2D eigenvalue weighted by atomic mass is 10.1. The van der Waals surface area contributed by atoms with Crippen LogP contribution in [-0.4, -0.2) is 11.6 Å². The van der Waals surface area contributed by atoms with E-state index in [9.17, 15) is 0 Å². The molecule has 1 aliphatic heterocycles. The summed E-state index contributed by atoms with van der Waals surface area (Å²) in [6.45, 7) is 0.697. The number of fused-ring (bicyclic) bond motifs is 3. The van der Waals surface area contributed by atoms with Crippen LogP contribution < -0.4 is 10.5 Å². The molecular formula is C11H9BrN2O. The van der Waals surface area contributed by atoms with Crippen LogP contribution in [0.15, 0.2) is 22.7 Å². The summed E-state index contributed by atoms with van der Waals surface area (Å²) in [6, 6.07) is 5.97. The Hall–Kier alpha value is -1.29. The average Bonchev–Trinajstić information content (AvgIpc) is 2.66. The van der Waals surface area contributed by atoms with Crippen LogP contribution >= 0.6 is 15.9 Å². The number of rotatable bonds is 0. The highest BCUT2D eigenvalue weighted by Crippen LogP contribution is 2.37. The Bertz CT molecular complexity index is 554. The van der Waals surface area contributed by atoms with Gasteiger partial charge in [0.2, 0.25) is 5.88 Å². The van der Waals surface area contributed by atoms with Gasteiger partial charge in [0.1, 0.15) is 5.82 Å². The minimum Gasteiger partial charge on any atom is -0.477 e. The molecule has 0 saturated heterocycles. The van der Waals surface area contributed by atoms with Crippen LogP contribution in [0.25, 0.3) is 10.8 Å². The highest BCUT2D eigenvalue weighted by atomic mass is 79.9. The molecule has 0 radical (unpaired) electrons. The first-order valence-corrected chi connectivity index (χ1v) is 5.56. The molecule has 0 aliphatic carbocycles. The van der Waals surface area contributed by atoms with Crippen LogP contribution in [0.2, 0.25) is 0 Å². The van der Waals surface area contributed by atoms with Gasteiger partial charge in [0, 0.05) is 27.2 Å². The Morgan fingerprint density at radius 3 is 3.13 bits per heavy atom. The first kappa shape index (κ1) is 8.97. The maximum absolute atomic E-state index is 5.89. The van der Waals surface area contributed by atoms with Crippen molar-refractivity contribution < 1.29 is 4.74 Å². The lowest BCUT2D eigenvalue weighted by molar-refractivity contribution is 0.345. The Kier molecular flexibility index (Phi) is 1.85. The molecule has 15 heavy (non-hydrogen) atoms. The summed E-state index contributed by atoms with van der Waals surface area (Å²) in [5.41, 5.74) is 7.05. The summed E-state index contributed by atoms with van der Waals surface area (Å²) < 4.78 is 6.48. The van der Waals surface area contributed by atoms with Crippen LogP contribution in [0.5, 0.6) is 5.88 Å². The third-order valence-electron chi connectivity index (χ3n) is 2.66. The van der Waals surface area contributed by atoms with Crippen LogP contribution in [0.1, 0.15) is 5.56 Å². The second-order valence-corrected chi connectivity index (χ2v) is 4.40. The monoisotopic (exact) mass is 264 g/mol. The van der Waals surface area contributed by atoms with Gasteiger partial charge in [-0.25, -0.2) is 0 Å². The number of benzene rings is 1. The average molecular weight is 265 g/mol. The highest BCUT2D eigenvalue weighted by Gasteiger charge is 2.20. The van der Waals surface area contributed by atoms with Gasteiger partial charge in [-0.15, -0.1) is 0 Å². The van der Waals surface area contributed by atoms with Crippen molar-refractivity contribution in [2.24, 2.45) is 0 Å². The Labute approximate surface area is 95.4 Å². The van der Waals surface area contributed by atoms with Gasteiger partial charge in [0.05, 0.1) is 6.61 Å². The smallest absolute Gasteiger partial charge is 0.219 e. The number of nitrogens with zero attached hydrogens (tertiary/aromatic N) is 1. The topological polar surface area (TPSA) is 48.1 Å². The van der Waals surface area contributed by atoms with Crippen LogP contribution in [0, 0.1) is 0 Å². The summed E-state index contributed by atoms with van der Waals surface area (Å²) >= 11 is 3.55. The summed E-state index contributed by atoms with van der Waals surface area (Å²) in [4.78, 5) is 4.26. The fourth-order valence-electron chi connectivity index (χ4n) is 1.99. The molecule has 76 valence electrons. The lowest BCUT2D eigenvalue weighted by Gasteiger charge is -2.07. The van der Waals surface area contributed by atoms with E-state index in [1.165, 1.54) is 0 Å². The molecule has 2 aromatic rings. The summed E-state index contributed by atoms with van der Waals surface area (Å²) in [7, 11) is 0. The van der Waals surface area contributed by atoms with Crippen LogP contribution in [0.4, 0.5) is 5.82 Å². The molecule has 0 bridgehead atoms. The quantitative estimate of drug-likeness (QED) is 0.796. The van der Waals surface area contributed by atoms with Crippen LogP contribution in [0.3, 0.4) is 0 Å². The Balaban J connectivity index is 2.51. The van der Waals surface area contributed by atoms with E-state index in [0.29, 0.717) is 18.3 Å². The molecule has 0 fully saturated rings. The van der Waals surface area contributed by atoms with E-state index in [1.807, 2.05) is 18.2 Å². The molecule has 0 spiro atoms. The third kappa shape index (κ3) is 1.21. The number of anilines is 1. The summed E-state index contributed by atoms with van der Waals surface area (Å²) in [5.74, 6) is 1.22. The molecule has 2 N–H and O–H groups in total. The van der Waals surface area contributed by atoms with E-state index in [4.69, 9.17) is 10.5 Å². The largest absolute Gasteiger partial charge is 0.477 e. The minimum absolute atomic E-state index is 0.534. The van der Waals surface area contributed by atoms with Gasteiger partial charge in [-0.1, -0.05) is 28.1 Å². The van der Waals surface area contributed by atoms with Crippen molar-refractivity contribution in [2.45, 2.75) is 6.42 Å². The molecule has 2 heterocycles. The van der Waals surface area contributed by atoms with Crippen molar-refractivity contribution in [3.63, 3.8) is 0 Å². The fraction of sp³-hybridized carbons (Fsp3) is 0.182. The standard InChI is InChI=1S/C11H9BrN2O/c12-8-3-1-2-6-9(8)7-4-5-15-11(7)14-10(6)13/h1-3H,4-5H2,(H2,13,14). The second kappa shape index (κ2) is 3.10. The van der Waals surface area contributed by atoms with Crippen molar-refractivity contribution in [3.05, 3.63) is 28.2 Å². The van der Waals surface area contributed by atoms with Crippen molar-refractivity contribution in [3.8, 4) is 5.88 Å². The van der Waals surface area contributed by atoms with Crippen LogP contribution in [-0.2, 0) is 6.42 Å². The first-order chi connectivity index (χ1) is 7.27. The molecule has 3 rings (SSSR count). The predicted molar refractivity (Wildman–Crippen MR) is 63.1 cm³/mol. The molecule has 0 amide bonds. The van der Waals surface area contributed by atoms with Gasteiger partial charge in [0.25, 0.3) is 0 Å². The summed E-state index contributed by atoms with van der Waals surface area (Å²) in [6.07, 6.45) is 0.904. The number of hydrogen-bond donors (Lipinski definition) is 1. The zero-order chi connectivity index (χ0) is 10.4. The number of nitrogens with two attached hydrogens (primary N) is 1. The van der Waals surface area contributed by atoms with Crippen molar-refractivity contribution in [2.75, 3.05) is 12.3 Å². The zero-order valence-electron chi connectivity index (χ0n) is 7.96. The third-order valence-corrected chi connectivity index (χ3v) is 3.32. The minimum atomic E-state index is 0.534. The SMILES string of the molecule is Nc1nc2c(c3c(Br)cccc13)CCO2. The fourth-order valence-corrected chi connectivity index (χ4v) is 2.59. The number of ether oxygens (including phenoxy) is 1. The molecule has 1 aliphatic rings. The van der Waals surface area contributed by atoms with Gasteiger partial charge in [-0.05, 0) is 6.07 Å². The molecule has 3 nitrogen and oxygen atoms in total. The molecule has 0 atom stereocenters. The maximum atomic E-state index is 5.89. The van der Waals surface area contributed by atoms with E-state index in [1.54, 1.807) is 0 Å². The number of pyridine rings is 1. The van der Waals surface area contributed by atoms with E-state index in [-0.39, 0.29) is 0 Å². The summed E-state index contributed by atoms with van der Waals surface area (Å²) in [5, 5.41) is 2.13. The maximum Gasteiger partial charge on any atom is 0.219 e. The number of halogens is 1. The van der Waals surface area contributed by atoms with E-state index >= 15 is 0 Å². The number of aromatic nitrogens is 1. The molecule has 0 saturated carbocycles. The first-order valence-electron chi connectivity index (χ1n) is 4.77. The van der Waals surface area contributed by atoms with Gasteiger partial charge < -0.3 is 10.5 Å². The lowest BCUT2D eigenvalue weighted by Crippen LogP contribution is -1.95. The second-order valence-electron chi connectivity index (χ2n) is 3.54. The molecular weight excluding hydrogens is 256 g/mol.